The molecule has 16 heavy (non-hydrogen) atoms. The van der Waals surface area contributed by atoms with Gasteiger partial charge in [0.25, 0.3) is 5.91 Å². The molecule has 0 aliphatic carbocycles. The molecule has 0 aliphatic rings. The second-order valence-corrected chi connectivity index (χ2v) is 4.59. The number of thioether (sulfide) groups is 1. The van der Waals surface area contributed by atoms with E-state index in [1.54, 1.807) is 11.8 Å². The van der Waals surface area contributed by atoms with Gasteiger partial charge in [-0.2, -0.15) is 11.8 Å². The van der Waals surface area contributed by atoms with Gasteiger partial charge >= 0.3 is 0 Å². The summed E-state index contributed by atoms with van der Waals surface area (Å²) in [6.07, 6.45) is 2.92. The lowest BCUT2D eigenvalue weighted by Crippen LogP contribution is -2.34. The van der Waals surface area contributed by atoms with Crippen LogP contribution in [0.15, 0.2) is 12.3 Å². The van der Waals surface area contributed by atoms with Crippen molar-refractivity contribution in [3.63, 3.8) is 0 Å². The van der Waals surface area contributed by atoms with Crippen LogP contribution in [0.3, 0.4) is 0 Å². The molecule has 1 aromatic rings. The lowest BCUT2D eigenvalue weighted by molar-refractivity contribution is 0.0943. The average Bonchev–Trinajstić information content (AvgIpc) is 2.21. The minimum atomic E-state index is -0.577. The molecular weight excluding hydrogens is 251 g/mol. The molecule has 1 amide bonds. The van der Waals surface area contributed by atoms with Gasteiger partial charge in [0.1, 0.15) is 11.0 Å². The highest BCUT2D eigenvalue weighted by atomic mass is 35.5. The van der Waals surface area contributed by atoms with Gasteiger partial charge in [0, 0.05) is 11.8 Å². The summed E-state index contributed by atoms with van der Waals surface area (Å²) in [6.45, 7) is 1.87. The number of nitrogens with one attached hydrogen (secondary N) is 1. The Kier molecular flexibility index (Phi) is 5.02. The van der Waals surface area contributed by atoms with E-state index in [1.165, 1.54) is 0 Å². The normalized spacial score (nSPS) is 12.2. The molecule has 0 radical (unpaired) electrons. The molecule has 0 saturated carbocycles. The topological polar surface area (TPSA) is 42.0 Å². The molecule has 6 heteroatoms. The molecule has 88 valence electrons. The predicted molar refractivity (Wildman–Crippen MR) is 64.5 cm³/mol. The Balaban J connectivity index is 2.76. The number of nitrogens with zero attached hydrogens (tertiary/aromatic N) is 1. The van der Waals surface area contributed by atoms with Crippen molar-refractivity contribution < 1.29 is 9.18 Å². The Bertz CT molecular complexity index is 389. The molecule has 3 nitrogen and oxygen atoms in total. The lowest BCUT2D eigenvalue weighted by atomic mass is 10.2. The van der Waals surface area contributed by atoms with Crippen LogP contribution >= 0.6 is 23.4 Å². The predicted octanol–water partition coefficient (Wildman–Crippen LogP) is 2.36. The molecule has 0 aliphatic heterocycles. The highest BCUT2D eigenvalue weighted by Crippen LogP contribution is 2.13. The van der Waals surface area contributed by atoms with E-state index in [0.29, 0.717) is 0 Å². The van der Waals surface area contributed by atoms with Crippen LogP contribution in [0.1, 0.15) is 17.3 Å². The monoisotopic (exact) mass is 262 g/mol. The fraction of sp³-hybridized carbons (Fsp3) is 0.400. The van der Waals surface area contributed by atoms with E-state index in [4.69, 9.17) is 11.6 Å². The van der Waals surface area contributed by atoms with Gasteiger partial charge in [-0.25, -0.2) is 9.37 Å². The fourth-order valence-electron chi connectivity index (χ4n) is 1.18. The first kappa shape index (κ1) is 13.3. The van der Waals surface area contributed by atoms with Crippen LogP contribution in [-0.2, 0) is 0 Å². The molecule has 0 spiro atoms. The molecule has 0 bridgehead atoms. The summed E-state index contributed by atoms with van der Waals surface area (Å²) < 4.78 is 12.9. The van der Waals surface area contributed by atoms with E-state index in [1.807, 2.05) is 13.2 Å². The number of halogens is 2. The minimum absolute atomic E-state index is 0.00170. The largest absolute Gasteiger partial charge is 0.349 e. The summed E-state index contributed by atoms with van der Waals surface area (Å²) in [5.74, 6) is -0.197. The van der Waals surface area contributed by atoms with Crippen LogP contribution in [0.25, 0.3) is 0 Å². The third kappa shape index (κ3) is 3.64. The molecule has 1 rings (SSSR count). The third-order valence-corrected chi connectivity index (χ3v) is 2.98. The molecule has 0 aromatic carbocycles. The number of amides is 1. The van der Waals surface area contributed by atoms with Gasteiger partial charge in [0.05, 0.1) is 11.8 Å². The summed E-state index contributed by atoms with van der Waals surface area (Å²) in [4.78, 5) is 15.3. The number of rotatable bonds is 4. The first-order chi connectivity index (χ1) is 7.54. The Labute approximate surface area is 103 Å². The maximum atomic E-state index is 12.9. The molecule has 1 heterocycles. The Morgan fingerprint density at radius 2 is 2.44 bits per heavy atom. The fourth-order valence-corrected chi connectivity index (χ4v) is 1.95. The summed E-state index contributed by atoms with van der Waals surface area (Å²) in [5, 5.41) is 2.72. The SMILES string of the molecule is CSCC(C)NC(=O)c1cc(F)cnc1Cl. The summed E-state index contributed by atoms with van der Waals surface area (Å²) in [7, 11) is 0. The number of hydrogen-bond acceptors (Lipinski definition) is 3. The second kappa shape index (κ2) is 6.06. The molecule has 1 atom stereocenters. The van der Waals surface area contributed by atoms with Crippen molar-refractivity contribution in [2.24, 2.45) is 0 Å². The summed E-state index contributed by atoms with van der Waals surface area (Å²) in [6, 6.07) is 1.08. The number of carbonyl (C=O) groups excluding carboxylic acids is 1. The van der Waals surface area contributed by atoms with E-state index in [2.05, 4.69) is 10.3 Å². The van der Waals surface area contributed by atoms with Crippen molar-refractivity contribution in [2.45, 2.75) is 13.0 Å². The molecule has 1 N–H and O–H groups in total. The first-order valence-electron chi connectivity index (χ1n) is 4.65. The molecule has 0 saturated heterocycles. The zero-order valence-electron chi connectivity index (χ0n) is 8.96. The average molecular weight is 263 g/mol. The minimum Gasteiger partial charge on any atom is -0.349 e. The van der Waals surface area contributed by atoms with Crippen LogP contribution in [0, 0.1) is 5.82 Å². The van der Waals surface area contributed by atoms with Crippen molar-refractivity contribution in [2.75, 3.05) is 12.0 Å². The van der Waals surface area contributed by atoms with Crippen LogP contribution < -0.4 is 5.32 Å². The van der Waals surface area contributed by atoms with Crippen LogP contribution in [0.5, 0.6) is 0 Å². The molecule has 1 unspecified atom stereocenters. The maximum Gasteiger partial charge on any atom is 0.254 e. The van der Waals surface area contributed by atoms with Gasteiger partial charge in [0.2, 0.25) is 0 Å². The smallest absolute Gasteiger partial charge is 0.254 e. The van der Waals surface area contributed by atoms with Crippen molar-refractivity contribution in [1.82, 2.24) is 10.3 Å². The third-order valence-electron chi connectivity index (χ3n) is 1.84. The highest BCUT2D eigenvalue weighted by molar-refractivity contribution is 7.98. The zero-order valence-corrected chi connectivity index (χ0v) is 10.5. The number of hydrogen-bond donors (Lipinski definition) is 1. The quantitative estimate of drug-likeness (QED) is 0.847. The lowest BCUT2D eigenvalue weighted by Gasteiger charge is -2.12. The van der Waals surface area contributed by atoms with Gasteiger partial charge in [-0.1, -0.05) is 11.6 Å². The summed E-state index contributed by atoms with van der Waals surface area (Å²) >= 11 is 7.32. The number of carbonyl (C=O) groups is 1. The standard InChI is InChI=1S/C10H12ClFN2OS/c1-6(5-16-2)14-10(15)8-3-7(12)4-13-9(8)11/h3-4,6H,5H2,1-2H3,(H,14,15). The van der Waals surface area contributed by atoms with E-state index < -0.39 is 11.7 Å². The summed E-state index contributed by atoms with van der Waals surface area (Å²) in [5.41, 5.74) is 0.0645. The van der Waals surface area contributed by atoms with Gasteiger partial charge in [-0.15, -0.1) is 0 Å². The van der Waals surface area contributed by atoms with E-state index >= 15 is 0 Å². The van der Waals surface area contributed by atoms with Gasteiger partial charge in [-0.3, -0.25) is 4.79 Å². The highest BCUT2D eigenvalue weighted by Gasteiger charge is 2.14. The van der Waals surface area contributed by atoms with Crippen LogP contribution in [0.2, 0.25) is 5.15 Å². The van der Waals surface area contributed by atoms with Crippen LogP contribution in [0.4, 0.5) is 4.39 Å². The zero-order chi connectivity index (χ0) is 12.1. The maximum absolute atomic E-state index is 12.9. The van der Waals surface area contributed by atoms with Crippen molar-refractivity contribution >= 4 is 29.3 Å². The van der Waals surface area contributed by atoms with Gasteiger partial charge in [0.15, 0.2) is 0 Å². The molecule has 0 fully saturated rings. The van der Waals surface area contributed by atoms with E-state index in [-0.39, 0.29) is 16.8 Å². The van der Waals surface area contributed by atoms with E-state index in [9.17, 15) is 9.18 Å². The van der Waals surface area contributed by atoms with Crippen molar-refractivity contribution in [3.05, 3.63) is 28.8 Å². The Hall–Kier alpha value is -0.810. The van der Waals surface area contributed by atoms with E-state index in [0.717, 1.165) is 18.0 Å². The molecular formula is C10H12ClFN2OS. The number of pyridine rings is 1. The van der Waals surface area contributed by atoms with Gasteiger partial charge < -0.3 is 5.32 Å². The van der Waals surface area contributed by atoms with Crippen molar-refractivity contribution in [1.29, 1.82) is 0 Å². The Morgan fingerprint density at radius 1 is 1.75 bits per heavy atom. The Morgan fingerprint density at radius 3 is 3.06 bits per heavy atom. The van der Waals surface area contributed by atoms with Gasteiger partial charge in [-0.05, 0) is 19.2 Å². The molecule has 1 aromatic heterocycles. The first-order valence-corrected chi connectivity index (χ1v) is 6.42. The second-order valence-electron chi connectivity index (χ2n) is 3.32. The van der Waals surface area contributed by atoms with Crippen molar-refractivity contribution in [3.8, 4) is 0 Å². The van der Waals surface area contributed by atoms with Crippen LogP contribution in [-0.4, -0.2) is 28.9 Å². The number of aromatic nitrogens is 1.